The molecule has 0 aliphatic carbocycles. The Morgan fingerprint density at radius 2 is 1.47 bits per heavy atom. The van der Waals surface area contributed by atoms with Gasteiger partial charge in [-0.25, -0.2) is 0 Å². The zero-order valence-electron chi connectivity index (χ0n) is 17.7. The van der Waals surface area contributed by atoms with Crippen LogP contribution in [-0.4, -0.2) is 55.1 Å². The first kappa shape index (κ1) is 20.9. The molecular formula is C26H25ClN2O3. The van der Waals surface area contributed by atoms with Crippen LogP contribution in [0.15, 0.2) is 72.8 Å². The molecule has 1 unspecified atom stereocenters. The standard InChI is InChI=1S/C26H25ClN2O3/c27-21-11-9-20(10-12-21)24(19-5-2-1-3-6-19)28-13-15-29(16-14-28)26(30)22-7-4-8-23-25(22)32-18-17-31-23/h1-12,24H,13-18H2. The van der Waals surface area contributed by atoms with E-state index < -0.39 is 0 Å². The molecule has 2 aliphatic rings. The molecule has 1 atom stereocenters. The molecule has 32 heavy (non-hydrogen) atoms. The van der Waals surface area contributed by atoms with Crippen LogP contribution >= 0.6 is 11.6 Å². The number of piperazine rings is 1. The second-order valence-corrected chi connectivity index (χ2v) is 8.46. The summed E-state index contributed by atoms with van der Waals surface area (Å²) in [6.07, 6.45) is 0. The van der Waals surface area contributed by atoms with Crippen LogP contribution in [0.3, 0.4) is 0 Å². The van der Waals surface area contributed by atoms with E-state index in [9.17, 15) is 4.79 Å². The molecule has 164 valence electrons. The van der Waals surface area contributed by atoms with Gasteiger partial charge in [-0.2, -0.15) is 0 Å². The molecule has 6 heteroatoms. The molecule has 3 aromatic carbocycles. The maximum Gasteiger partial charge on any atom is 0.257 e. The van der Waals surface area contributed by atoms with Crippen LogP contribution in [0.5, 0.6) is 11.5 Å². The van der Waals surface area contributed by atoms with Crippen molar-refractivity contribution in [2.75, 3.05) is 39.4 Å². The SMILES string of the molecule is O=C(c1cccc2c1OCCO2)N1CCN(C(c2ccccc2)c2ccc(Cl)cc2)CC1. The Kier molecular flexibility index (Phi) is 6.02. The zero-order valence-corrected chi connectivity index (χ0v) is 18.5. The highest BCUT2D eigenvalue weighted by Gasteiger charge is 2.30. The number of carbonyl (C=O) groups excluding carboxylic acids is 1. The summed E-state index contributed by atoms with van der Waals surface area (Å²) in [4.78, 5) is 17.6. The van der Waals surface area contributed by atoms with E-state index >= 15 is 0 Å². The molecule has 0 bridgehead atoms. The number of hydrogen-bond acceptors (Lipinski definition) is 4. The van der Waals surface area contributed by atoms with Gasteiger partial charge in [0.15, 0.2) is 11.5 Å². The second-order valence-electron chi connectivity index (χ2n) is 8.02. The highest BCUT2D eigenvalue weighted by atomic mass is 35.5. The molecule has 2 aliphatic heterocycles. The number of para-hydroxylation sites is 1. The number of nitrogens with zero attached hydrogens (tertiary/aromatic N) is 2. The van der Waals surface area contributed by atoms with Gasteiger partial charge in [0.2, 0.25) is 0 Å². The third kappa shape index (κ3) is 4.18. The van der Waals surface area contributed by atoms with Crippen molar-refractivity contribution >= 4 is 17.5 Å². The summed E-state index contributed by atoms with van der Waals surface area (Å²) < 4.78 is 11.4. The van der Waals surface area contributed by atoms with E-state index in [0.29, 0.717) is 43.4 Å². The lowest BCUT2D eigenvalue weighted by atomic mass is 9.96. The van der Waals surface area contributed by atoms with E-state index in [1.807, 2.05) is 41.3 Å². The number of fused-ring (bicyclic) bond motifs is 1. The normalized spacial score (nSPS) is 17.1. The third-order valence-corrected chi connectivity index (χ3v) is 6.32. The summed E-state index contributed by atoms with van der Waals surface area (Å²) in [5.74, 6) is 1.21. The topological polar surface area (TPSA) is 42.0 Å². The summed E-state index contributed by atoms with van der Waals surface area (Å²) in [6, 6.07) is 24.2. The third-order valence-electron chi connectivity index (χ3n) is 6.06. The minimum absolute atomic E-state index is 0.00486. The lowest BCUT2D eigenvalue weighted by Gasteiger charge is -2.40. The highest BCUT2D eigenvalue weighted by Crippen LogP contribution is 2.35. The molecule has 5 rings (SSSR count). The first-order valence-corrected chi connectivity index (χ1v) is 11.3. The molecule has 0 aromatic heterocycles. The van der Waals surface area contributed by atoms with Gasteiger partial charge in [0.25, 0.3) is 5.91 Å². The van der Waals surface area contributed by atoms with E-state index in [0.717, 1.165) is 18.1 Å². The van der Waals surface area contributed by atoms with Crippen molar-refractivity contribution in [1.29, 1.82) is 0 Å². The lowest BCUT2D eigenvalue weighted by Crippen LogP contribution is -2.50. The van der Waals surface area contributed by atoms with E-state index in [1.54, 1.807) is 0 Å². The number of benzene rings is 3. The van der Waals surface area contributed by atoms with Crippen molar-refractivity contribution in [3.8, 4) is 11.5 Å². The fourth-order valence-electron chi connectivity index (χ4n) is 4.49. The lowest BCUT2D eigenvalue weighted by molar-refractivity contribution is 0.0589. The van der Waals surface area contributed by atoms with Gasteiger partial charge < -0.3 is 14.4 Å². The van der Waals surface area contributed by atoms with Crippen molar-refractivity contribution in [2.24, 2.45) is 0 Å². The van der Waals surface area contributed by atoms with Crippen molar-refractivity contribution in [3.05, 3.63) is 94.5 Å². The Hall–Kier alpha value is -3.02. The van der Waals surface area contributed by atoms with Crippen LogP contribution in [0.1, 0.15) is 27.5 Å². The van der Waals surface area contributed by atoms with Gasteiger partial charge >= 0.3 is 0 Å². The Bertz CT molecular complexity index is 1080. The monoisotopic (exact) mass is 448 g/mol. The zero-order chi connectivity index (χ0) is 21.9. The Balaban J connectivity index is 1.35. The fourth-order valence-corrected chi connectivity index (χ4v) is 4.62. The predicted molar refractivity (Wildman–Crippen MR) is 125 cm³/mol. The molecule has 1 fully saturated rings. The van der Waals surface area contributed by atoms with Crippen LogP contribution in [-0.2, 0) is 0 Å². The number of halogens is 1. The van der Waals surface area contributed by atoms with Gasteiger partial charge in [-0.05, 0) is 35.4 Å². The molecule has 0 N–H and O–H groups in total. The maximum atomic E-state index is 13.3. The average Bonchev–Trinajstić information content (AvgIpc) is 2.86. The Morgan fingerprint density at radius 1 is 0.781 bits per heavy atom. The van der Waals surface area contributed by atoms with Crippen molar-refractivity contribution < 1.29 is 14.3 Å². The predicted octanol–water partition coefficient (Wildman–Crippen LogP) is 4.66. The number of rotatable bonds is 4. The molecule has 0 spiro atoms. The maximum absolute atomic E-state index is 13.3. The van der Waals surface area contributed by atoms with Crippen LogP contribution in [0.2, 0.25) is 5.02 Å². The summed E-state index contributed by atoms with van der Waals surface area (Å²) in [7, 11) is 0. The van der Waals surface area contributed by atoms with Crippen molar-refractivity contribution in [2.45, 2.75) is 6.04 Å². The number of ether oxygens (including phenoxy) is 2. The minimum Gasteiger partial charge on any atom is -0.486 e. The summed E-state index contributed by atoms with van der Waals surface area (Å²) >= 11 is 6.13. The van der Waals surface area contributed by atoms with E-state index in [2.05, 4.69) is 41.3 Å². The minimum atomic E-state index is -0.00486. The largest absolute Gasteiger partial charge is 0.486 e. The van der Waals surface area contributed by atoms with Gasteiger partial charge in [0.05, 0.1) is 11.6 Å². The molecule has 0 radical (unpaired) electrons. The fraction of sp³-hybridized carbons (Fsp3) is 0.269. The van der Waals surface area contributed by atoms with Crippen molar-refractivity contribution in [1.82, 2.24) is 9.80 Å². The molecule has 2 heterocycles. The Labute approximate surface area is 193 Å². The first-order valence-electron chi connectivity index (χ1n) is 10.9. The summed E-state index contributed by atoms with van der Waals surface area (Å²) in [5, 5.41) is 0.730. The average molecular weight is 449 g/mol. The molecular weight excluding hydrogens is 424 g/mol. The van der Waals surface area contributed by atoms with E-state index in [4.69, 9.17) is 21.1 Å². The molecule has 3 aromatic rings. The Morgan fingerprint density at radius 3 is 2.22 bits per heavy atom. The quantitative estimate of drug-likeness (QED) is 0.582. The number of amides is 1. The van der Waals surface area contributed by atoms with Gasteiger partial charge in [0.1, 0.15) is 13.2 Å². The summed E-state index contributed by atoms with van der Waals surface area (Å²) in [5.41, 5.74) is 3.01. The van der Waals surface area contributed by atoms with Crippen LogP contribution in [0.25, 0.3) is 0 Å². The molecule has 0 saturated carbocycles. The van der Waals surface area contributed by atoms with Crippen LogP contribution in [0, 0.1) is 0 Å². The summed E-state index contributed by atoms with van der Waals surface area (Å²) in [6.45, 7) is 3.83. The van der Waals surface area contributed by atoms with E-state index in [-0.39, 0.29) is 11.9 Å². The van der Waals surface area contributed by atoms with Gasteiger partial charge in [-0.1, -0.05) is 60.1 Å². The number of hydrogen-bond donors (Lipinski definition) is 0. The number of carbonyl (C=O) groups is 1. The highest BCUT2D eigenvalue weighted by molar-refractivity contribution is 6.30. The molecule has 5 nitrogen and oxygen atoms in total. The van der Waals surface area contributed by atoms with E-state index in [1.165, 1.54) is 11.1 Å². The van der Waals surface area contributed by atoms with Crippen LogP contribution in [0.4, 0.5) is 0 Å². The van der Waals surface area contributed by atoms with Gasteiger partial charge in [0, 0.05) is 31.2 Å². The van der Waals surface area contributed by atoms with Crippen molar-refractivity contribution in [3.63, 3.8) is 0 Å². The smallest absolute Gasteiger partial charge is 0.257 e. The first-order chi connectivity index (χ1) is 15.7. The van der Waals surface area contributed by atoms with Gasteiger partial charge in [-0.3, -0.25) is 9.69 Å². The van der Waals surface area contributed by atoms with Gasteiger partial charge in [-0.15, -0.1) is 0 Å². The second kappa shape index (κ2) is 9.23. The molecule has 1 saturated heterocycles. The molecule has 1 amide bonds. The van der Waals surface area contributed by atoms with Crippen LogP contribution < -0.4 is 9.47 Å².